The molecule has 14 heteroatoms. The molecule has 0 heterocycles. The summed E-state index contributed by atoms with van der Waals surface area (Å²) < 4.78 is 32.6. The molecule has 0 bridgehead atoms. The van der Waals surface area contributed by atoms with Gasteiger partial charge in [-0.15, -0.1) is 0 Å². The number of sulfone groups is 1. The van der Waals surface area contributed by atoms with E-state index < -0.39 is 33.7 Å². The number of primary amides is 1. The maximum atomic E-state index is 13.9. The van der Waals surface area contributed by atoms with Crippen molar-refractivity contribution in [1.82, 2.24) is 10.6 Å². The standard InChI is InChI=1S/C51H64N4O9S/c1-34(2)48(46(57)32-41(8-6-29-53-51(52)61)50(60)54-43-24-12-36(4)13-25-43)55-47(58)28-31-64-30-7-9-45(56)39-20-22-40(23-21-39)49(59)42(19-18-38-16-10-35(3)11-17-38)33-65(62,63)44-26-14-37(5)15-27-44/h10-17,20-27,34,41-42,48H,6-9,18-19,28-33H2,1-5H3,(H,54,60)(H,55,58)(H3,52,53,61)/t41-,42?,48+/m1/s1. The number of hydrogen-bond donors (Lipinski definition) is 4. The normalized spacial score (nSPS) is 12.8. The van der Waals surface area contributed by atoms with Crippen LogP contribution in [0.15, 0.2) is 102 Å². The number of rotatable bonds is 27. The molecule has 1 unspecified atom stereocenters. The quantitative estimate of drug-likeness (QED) is 0.0341. The molecule has 0 aromatic heterocycles. The monoisotopic (exact) mass is 908 g/mol. The van der Waals surface area contributed by atoms with E-state index in [2.05, 4.69) is 16.0 Å². The van der Waals surface area contributed by atoms with Gasteiger partial charge in [0.15, 0.2) is 27.2 Å². The summed E-state index contributed by atoms with van der Waals surface area (Å²) in [6, 6.07) is 26.6. The molecule has 4 aromatic carbocycles. The zero-order valence-corrected chi connectivity index (χ0v) is 39.0. The Kier molecular flexibility index (Phi) is 20.2. The van der Waals surface area contributed by atoms with Crippen molar-refractivity contribution in [2.45, 2.75) is 96.9 Å². The smallest absolute Gasteiger partial charge is 0.312 e. The van der Waals surface area contributed by atoms with Crippen LogP contribution < -0.4 is 21.7 Å². The van der Waals surface area contributed by atoms with Crippen LogP contribution in [0.25, 0.3) is 0 Å². The van der Waals surface area contributed by atoms with Crippen LogP contribution in [0.5, 0.6) is 0 Å². The zero-order valence-electron chi connectivity index (χ0n) is 38.2. The molecule has 4 rings (SSSR count). The predicted octanol–water partition coefficient (Wildman–Crippen LogP) is 7.69. The molecule has 0 radical (unpaired) electrons. The second-order valence-corrected chi connectivity index (χ2v) is 19.1. The van der Waals surface area contributed by atoms with Crippen LogP contribution in [-0.2, 0) is 35.4 Å². The molecule has 4 aromatic rings. The molecule has 3 atom stereocenters. The summed E-state index contributed by atoms with van der Waals surface area (Å²) in [5.41, 5.74) is 10.6. The van der Waals surface area contributed by atoms with E-state index in [0.717, 1.165) is 22.3 Å². The van der Waals surface area contributed by atoms with Crippen molar-refractivity contribution in [2.24, 2.45) is 23.5 Å². The van der Waals surface area contributed by atoms with Crippen molar-refractivity contribution in [3.05, 3.63) is 130 Å². The number of hydrogen-bond acceptors (Lipinski definition) is 9. The first-order valence-electron chi connectivity index (χ1n) is 22.2. The van der Waals surface area contributed by atoms with Gasteiger partial charge in [0.05, 0.1) is 23.3 Å². The zero-order chi connectivity index (χ0) is 47.5. The summed E-state index contributed by atoms with van der Waals surface area (Å²) in [5, 5.41) is 8.17. The van der Waals surface area contributed by atoms with Gasteiger partial charge in [0.2, 0.25) is 11.8 Å². The van der Waals surface area contributed by atoms with Crippen molar-refractivity contribution in [3.63, 3.8) is 0 Å². The second-order valence-electron chi connectivity index (χ2n) is 17.1. The largest absolute Gasteiger partial charge is 0.381 e. The summed E-state index contributed by atoms with van der Waals surface area (Å²) in [7, 11) is -3.76. The molecule has 348 valence electrons. The van der Waals surface area contributed by atoms with E-state index in [1.165, 1.54) is 0 Å². The number of ketones is 3. The number of carbonyl (C=O) groups excluding carboxylic acids is 6. The number of anilines is 1. The molecular weight excluding hydrogens is 845 g/mol. The topological polar surface area (TPSA) is 208 Å². The van der Waals surface area contributed by atoms with Crippen LogP contribution in [0.1, 0.15) is 102 Å². The molecule has 0 saturated heterocycles. The van der Waals surface area contributed by atoms with Crippen LogP contribution >= 0.6 is 0 Å². The minimum absolute atomic E-state index is 0.0194. The van der Waals surface area contributed by atoms with Gasteiger partial charge in [-0.25, -0.2) is 13.2 Å². The summed E-state index contributed by atoms with van der Waals surface area (Å²) >= 11 is 0. The molecule has 0 aliphatic carbocycles. The van der Waals surface area contributed by atoms with Crippen molar-refractivity contribution >= 4 is 50.7 Å². The lowest BCUT2D eigenvalue weighted by atomic mass is 9.89. The number of nitrogens with two attached hydrogens (primary N) is 1. The first-order valence-corrected chi connectivity index (χ1v) is 23.9. The molecule has 65 heavy (non-hydrogen) atoms. The third kappa shape index (κ3) is 17.5. The van der Waals surface area contributed by atoms with Crippen LogP contribution in [-0.4, -0.2) is 75.2 Å². The highest BCUT2D eigenvalue weighted by Crippen LogP contribution is 2.24. The summed E-state index contributed by atoms with van der Waals surface area (Å²) in [6.45, 7) is 9.94. The maximum Gasteiger partial charge on any atom is 0.312 e. The van der Waals surface area contributed by atoms with E-state index in [-0.39, 0.29) is 84.8 Å². The van der Waals surface area contributed by atoms with Crippen LogP contribution in [0.2, 0.25) is 0 Å². The van der Waals surface area contributed by atoms with Gasteiger partial charge < -0.3 is 26.4 Å². The Morgan fingerprint density at radius 1 is 0.677 bits per heavy atom. The third-order valence-corrected chi connectivity index (χ3v) is 13.1. The van der Waals surface area contributed by atoms with Gasteiger partial charge in [0.1, 0.15) is 0 Å². The third-order valence-electron chi connectivity index (χ3n) is 11.2. The lowest BCUT2D eigenvalue weighted by molar-refractivity contribution is -0.131. The van der Waals surface area contributed by atoms with Crippen molar-refractivity contribution in [2.75, 3.05) is 30.8 Å². The summed E-state index contributed by atoms with van der Waals surface area (Å²) in [6.07, 6.45) is 1.99. The number of ether oxygens (including phenoxy) is 1. The van der Waals surface area contributed by atoms with E-state index >= 15 is 0 Å². The summed E-state index contributed by atoms with van der Waals surface area (Å²) in [5.74, 6) is -3.58. The number of amides is 4. The molecule has 13 nitrogen and oxygen atoms in total. The average molecular weight is 909 g/mol. The van der Waals surface area contributed by atoms with Crippen molar-refractivity contribution in [3.8, 4) is 0 Å². The minimum Gasteiger partial charge on any atom is -0.381 e. The van der Waals surface area contributed by atoms with Crippen molar-refractivity contribution in [1.29, 1.82) is 0 Å². The maximum absolute atomic E-state index is 13.9. The van der Waals surface area contributed by atoms with Crippen molar-refractivity contribution < 1.29 is 41.9 Å². The van der Waals surface area contributed by atoms with Crippen LogP contribution in [0, 0.1) is 38.5 Å². The van der Waals surface area contributed by atoms with Gasteiger partial charge in [-0.3, -0.25) is 24.0 Å². The Bertz CT molecular complexity index is 2330. The number of nitrogens with one attached hydrogen (secondary N) is 3. The first kappa shape index (κ1) is 51.6. The van der Waals surface area contributed by atoms with E-state index in [1.807, 2.05) is 71.0 Å². The number of carbonyl (C=O) groups is 6. The minimum atomic E-state index is -3.76. The summed E-state index contributed by atoms with van der Waals surface area (Å²) in [4.78, 5) is 78.0. The lowest BCUT2D eigenvalue weighted by Gasteiger charge is -2.24. The van der Waals surface area contributed by atoms with Gasteiger partial charge in [-0.1, -0.05) is 103 Å². The molecule has 0 fully saturated rings. The second kappa shape index (κ2) is 25.5. The molecule has 0 aliphatic rings. The highest BCUT2D eigenvalue weighted by atomic mass is 32.2. The van der Waals surface area contributed by atoms with E-state index in [9.17, 15) is 37.2 Å². The SMILES string of the molecule is Cc1ccc(CCC(CS(=O)(=O)c2ccc(C)cc2)C(=O)c2ccc(C(=O)CCCOCCC(=O)N[C@H](C(=O)C[C@@H](CCCNC(N)=O)C(=O)Nc3ccc(C)cc3)C(C)C)cc2)cc1. The fraction of sp³-hybridized carbons (Fsp3) is 0.412. The average Bonchev–Trinajstić information content (AvgIpc) is 3.27. The molecule has 5 N–H and O–H groups in total. The fourth-order valence-corrected chi connectivity index (χ4v) is 8.89. The van der Waals surface area contributed by atoms with E-state index in [4.69, 9.17) is 10.5 Å². The molecule has 4 amide bonds. The Balaban J connectivity index is 1.25. The lowest BCUT2D eigenvalue weighted by Crippen LogP contribution is -2.45. The van der Waals surface area contributed by atoms with Gasteiger partial charge in [-0.05, 0) is 88.6 Å². The highest BCUT2D eigenvalue weighted by Gasteiger charge is 2.30. The molecule has 0 spiro atoms. The van der Waals surface area contributed by atoms with Gasteiger partial charge in [0.25, 0.3) is 0 Å². The van der Waals surface area contributed by atoms with Gasteiger partial charge in [0, 0.05) is 61.1 Å². The first-order chi connectivity index (χ1) is 30.9. The number of Topliss-reactive ketones (excluding diaryl/α,β-unsaturated/α-hetero) is 3. The van der Waals surface area contributed by atoms with Gasteiger partial charge >= 0.3 is 6.03 Å². The molecule has 0 aliphatic heterocycles. The Hall–Kier alpha value is -5.99. The molecule has 0 saturated carbocycles. The number of benzene rings is 4. The van der Waals surface area contributed by atoms with Crippen LogP contribution in [0.4, 0.5) is 10.5 Å². The van der Waals surface area contributed by atoms with E-state index in [1.54, 1.807) is 60.7 Å². The Labute approximate surface area is 383 Å². The van der Waals surface area contributed by atoms with Gasteiger partial charge in [-0.2, -0.15) is 0 Å². The Morgan fingerprint density at radius 2 is 1.26 bits per heavy atom. The Morgan fingerprint density at radius 3 is 1.86 bits per heavy atom. The fourth-order valence-electron chi connectivity index (χ4n) is 7.30. The van der Waals surface area contributed by atoms with Crippen LogP contribution in [0.3, 0.4) is 0 Å². The predicted molar refractivity (Wildman–Crippen MR) is 253 cm³/mol. The molecular formula is C51H64N4O9S. The van der Waals surface area contributed by atoms with E-state index in [0.29, 0.717) is 48.9 Å². The number of urea groups is 1. The highest BCUT2D eigenvalue weighted by molar-refractivity contribution is 7.91. The number of aryl methyl sites for hydroxylation is 4.